The molecule has 1 aliphatic rings. The van der Waals surface area contributed by atoms with Crippen molar-refractivity contribution in [2.45, 2.75) is 18.5 Å². The molecule has 5 nitrogen and oxygen atoms in total. The number of ether oxygens (including phenoxy) is 2. The minimum absolute atomic E-state index is 0.0884. The average molecular weight is 331 g/mol. The fourth-order valence-electron chi connectivity index (χ4n) is 2.80. The summed E-state index contributed by atoms with van der Waals surface area (Å²) >= 11 is 1.66. The van der Waals surface area contributed by atoms with Gasteiger partial charge in [0.05, 0.1) is 25.8 Å². The Morgan fingerprint density at radius 1 is 1.13 bits per heavy atom. The third-order valence-corrected chi connectivity index (χ3v) is 5.01. The molecule has 6 heteroatoms. The molecule has 23 heavy (non-hydrogen) atoms. The highest BCUT2D eigenvalue weighted by Crippen LogP contribution is 2.34. The van der Waals surface area contributed by atoms with Gasteiger partial charge < -0.3 is 9.47 Å². The summed E-state index contributed by atoms with van der Waals surface area (Å²) in [5.41, 5.74) is 2.66. The van der Waals surface area contributed by atoms with E-state index >= 15 is 0 Å². The number of fused-ring (bicyclic) bond motifs is 1. The lowest BCUT2D eigenvalue weighted by Gasteiger charge is -2.30. The topological polar surface area (TPSA) is 64.6 Å². The number of esters is 2. The number of hydrogen-bond acceptors (Lipinski definition) is 6. The van der Waals surface area contributed by atoms with Crippen molar-refractivity contribution in [2.24, 2.45) is 0 Å². The molecule has 0 unspecified atom stereocenters. The Morgan fingerprint density at radius 3 is 2.52 bits per heavy atom. The molecular weight excluding hydrogens is 314 g/mol. The number of nitrogens with one attached hydrogen (secondary N) is 1. The molecule has 0 fully saturated rings. The summed E-state index contributed by atoms with van der Waals surface area (Å²) in [6.07, 6.45) is 0.627. The maximum Gasteiger partial charge on any atom is 0.337 e. The Morgan fingerprint density at radius 2 is 1.87 bits per heavy atom. The molecule has 120 valence electrons. The standard InChI is InChI=1S/C17H17NO4S/c1-21-16(19)11-5-3-10(4-6-11)14-15-12(7-8-23-15)9-13(18-14)17(20)22-2/h3-8,13-14,18H,9H2,1-2H3/t13-,14-/m1/s1. The van der Waals surface area contributed by atoms with Crippen LogP contribution in [0.3, 0.4) is 0 Å². The molecule has 0 aliphatic carbocycles. The summed E-state index contributed by atoms with van der Waals surface area (Å²) in [5.74, 6) is -0.629. The Hall–Kier alpha value is -2.18. The van der Waals surface area contributed by atoms with E-state index in [1.807, 2.05) is 23.6 Å². The predicted octanol–water partition coefficient (Wildman–Crippen LogP) is 2.31. The first-order valence-electron chi connectivity index (χ1n) is 7.22. The normalized spacial score (nSPS) is 19.7. The molecule has 0 saturated heterocycles. The van der Waals surface area contributed by atoms with Crippen molar-refractivity contribution >= 4 is 23.3 Å². The molecule has 2 aromatic rings. The van der Waals surface area contributed by atoms with Gasteiger partial charge in [-0.15, -0.1) is 11.3 Å². The monoisotopic (exact) mass is 331 g/mol. The van der Waals surface area contributed by atoms with Crippen LogP contribution in [-0.4, -0.2) is 32.2 Å². The second kappa shape index (κ2) is 6.52. The molecule has 1 aromatic carbocycles. The maximum absolute atomic E-state index is 11.9. The number of benzene rings is 1. The van der Waals surface area contributed by atoms with E-state index in [4.69, 9.17) is 9.47 Å². The number of carbonyl (C=O) groups excluding carboxylic acids is 2. The molecule has 0 saturated carbocycles. The Bertz CT molecular complexity index is 722. The van der Waals surface area contributed by atoms with Crippen molar-refractivity contribution in [3.05, 3.63) is 57.3 Å². The van der Waals surface area contributed by atoms with Gasteiger partial charge in [-0.05, 0) is 41.1 Å². The van der Waals surface area contributed by atoms with Crippen LogP contribution in [0.2, 0.25) is 0 Å². The summed E-state index contributed by atoms with van der Waals surface area (Å²) in [6.45, 7) is 0. The van der Waals surface area contributed by atoms with E-state index in [1.54, 1.807) is 23.5 Å². The maximum atomic E-state index is 11.9. The Labute approximate surface area is 138 Å². The third kappa shape index (κ3) is 3.00. The lowest BCUT2D eigenvalue weighted by atomic mass is 9.93. The number of rotatable bonds is 3. The van der Waals surface area contributed by atoms with Crippen LogP contribution in [0.1, 0.15) is 32.4 Å². The minimum atomic E-state index is -0.368. The van der Waals surface area contributed by atoms with Gasteiger partial charge in [0.25, 0.3) is 0 Å². The fourth-order valence-corrected chi connectivity index (χ4v) is 3.82. The second-order valence-corrected chi connectivity index (χ2v) is 6.25. The molecule has 1 aromatic heterocycles. The van der Waals surface area contributed by atoms with Crippen LogP contribution in [0.4, 0.5) is 0 Å². The minimum Gasteiger partial charge on any atom is -0.468 e. The van der Waals surface area contributed by atoms with Gasteiger partial charge in [-0.3, -0.25) is 10.1 Å². The lowest BCUT2D eigenvalue weighted by Crippen LogP contribution is -2.45. The number of carbonyl (C=O) groups is 2. The molecule has 3 rings (SSSR count). The summed E-state index contributed by atoms with van der Waals surface area (Å²) < 4.78 is 9.59. The lowest BCUT2D eigenvalue weighted by molar-refractivity contribution is -0.143. The molecule has 0 amide bonds. The van der Waals surface area contributed by atoms with Crippen molar-refractivity contribution in [3.63, 3.8) is 0 Å². The van der Waals surface area contributed by atoms with Crippen LogP contribution < -0.4 is 5.32 Å². The molecule has 0 bridgehead atoms. The van der Waals surface area contributed by atoms with Crippen LogP contribution in [0.15, 0.2) is 35.7 Å². The van der Waals surface area contributed by atoms with Gasteiger partial charge in [0, 0.05) is 4.88 Å². The second-order valence-electron chi connectivity index (χ2n) is 5.30. The zero-order valence-corrected chi connectivity index (χ0v) is 13.7. The Balaban J connectivity index is 1.92. The first kappa shape index (κ1) is 15.7. The van der Waals surface area contributed by atoms with Crippen LogP contribution in [-0.2, 0) is 20.7 Å². The van der Waals surface area contributed by atoms with Gasteiger partial charge in [0.15, 0.2) is 0 Å². The van der Waals surface area contributed by atoms with Crippen LogP contribution in [0, 0.1) is 0 Å². The SMILES string of the molecule is COC(=O)c1ccc([C@H]2N[C@@H](C(=O)OC)Cc3ccsc32)cc1. The first-order valence-corrected chi connectivity index (χ1v) is 8.10. The average Bonchev–Trinajstić information content (AvgIpc) is 3.08. The third-order valence-electron chi connectivity index (χ3n) is 3.99. The fraction of sp³-hybridized carbons (Fsp3) is 0.294. The van der Waals surface area contributed by atoms with Crippen molar-refractivity contribution < 1.29 is 19.1 Å². The first-order chi connectivity index (χ1) is 11.1. The van der Waals surface area contributed by atoms with E-state index in [0.29, 0.717) is 12.0 Å². The smallest absolute Gasteiger partial charge is 0.337 e. The molecule has 2 atom stereocenters. The van der Waals surface area contributed by atoms with E-state index in [-0.39, 0.29) is 24.0 Å². The zero-order valence-electron chi connectivity index (χ0n) is 12.9. The summed E-state index contributed by atoms with van der Waals surface area (Å²) in [5, 5.41) is 5.37. The van der Waals surface area contributed by atoms with Gasteiger partial charge in [-0.2, -0.15) is 0 Å². The Kier molecular flexibility index (Phi) is 4.45. The summed E-state index contributed by atoms with van der Waals surface area (Å²) in [4.78, 5) is 24.6. The van der Waals surface area contributed by atoms with Crippen molar-refractivity contribution in [1.29, 1.82) is 0 Å². The molecule has 1 N–H and O–H groups in total. The van der Waals surface area contributed by atoms with Crippen molar-refractivity contribution in [3.8, 4) is 0 Å². The summed E-state index contributed by atoms with van der Waals surface area (Å²) in [6, 6.07) is 8.82. The van der Waals surface area contributed by atoms with Crippen molar-refractivity contribution in [1.82, 2.24) is 5.32 Å². The largest absolute Gasteiger partial charge is 0.468 e. The molecule has 0 spiro atoms. The van der Waals surface area contributed by atoms with Gasteiger partial charge in [0.2, 0.25) is 0 Å². The van der Waals surface area contributed by atoms with Gasteiger partial charge >= 0.3 is 11.9 Å². The highest BCUT2D eigenvalue weighted by molar-refractivity contribution is 7.10. The van der Waals surface area contributed by atoms with Crippen LogP contribution in [0.25, 0.3) is 0 Å². The molecule has 0 radical (unpaired) electrons. The van der Waals surface area contributed by atoms with E-state index in [1.165, 1.54) is 19.1 Å². The van der Waals surface area contributed by atoms with Crippen molar-refractivity contribution in [2.75, 3.05) is 14.2 Å². The highest BCUT2D eigenvalue weighted by atomic mass is 32.1. The molecule has 2 heterocycles. The van der Waals surface area contributed by atoms with Crippen LogP contribution in [0.5, 0.6) is 0 Å². The molecule has 1 aliphatic heterocycles. The zero-order chi connectivity index (χ0) is 16.4. The van der Waals surface area contributed by atoms with Crippen LogP contribution >= 0.6 is 11.3 Å². The molecular formula is C17H17NO4S. The number of hydrogen-bond donors (Lipinski definition) is 1. The number of methoxy groups -OCH3 is 2. The van der Waals surface area contributed by atoms with E-state index in [9.17, 15) is 9.59 Å². The number of thiophene rings is 1. The van der Waals surface area contributed by atoms with Gasteiger partial charge in [-0.1, -0.05) is 12.1 Å². The van der Waals surface area contributed by atoms with E-state index in [2.05, 4.69) is 5.32 Å². The van der Waals surface area contributed by atoms with E-state index < -0.39 is 0 Å². The van der Waals surface area contributed by atoms with Gasteiger partial charge in [-0.25, -0.2) is 4.79 Å². The predicted molar refractivity (Wildman–Crippen MR) is 86.6 cm³/mol. The van der Waals surface area contributed by atoms with E-state index in [0.717, 1.165) is 11.1 Å². The summed E-state index contributed by atoms with van der Waals surface area (Å²) in [7, 11) is 2.76. The highest BCUT2D eigenvalue weighted by Gasteiger charge is 2.32. The quantitative estimate of drug-likeness (QED) is 0.875. The van der Waals surface area contributed by atoms with Gasteiger partial charge in [0.1, 0.15) is 6.04 Å².